The van der Waals surface area contributed by atoms with Gasteiger partial charge in [0.15, 0.2) is 5.82 Å². The average molecular weight is 269 g/mol. The van der Waals surface area contributed by atoms with Crippen LogP contribution in [0.2, 0.25) is 5.02 Å². The Kier molecular flexibility index (Phi) is 3.74. The van der Waals surface area contributed by atoms with E-state index in [1.807, 2.05) is 0 Å². The van der Waals surface area contributed by atoms with E-state index < -0.39 is 11.9 Å². The SMILES string of the molecule is COc1nccc(C(O)c2ncccc2Cl)c1F. The molecule has 1 N–H and O–H groups in total. The molecule has 1 unspecified atom stereocenters. The number of ether oxygens (including phenoxy) is 1. The van der Waals surface area contributed by atoms with Crippen LogP contribution in [0.5, 0.6) is 5.88 Å². The molecule has 0 spiro atoms. The summed E-state index contributed by atoms with van der Waals surface area (Å²) in [6, 6.07) is 4.55. The number of halogens is 2. The van der Waals surface area contributed by atoms with Crippen LogP contribution in [0.4, 0.5) is 4.39 Å². The van der Waals surface area contributed by atoms with Crippen LogP contribution in [0.3, 0.4) is 0 Å². The summed E-state index contributed by atoms with van der Waals surface area (Å²) in [4.78, 5) is 7.64. The van der Waals surface area contributed by atoms with Gasteiger partial charge in [-0.1, -0.05) is 11.6 Å². The molecule has 0 radical (unpaired) electrons. The van der Waals surface area contributed by atoms with Crippen molar-refractivity contribution < 1.29 is 14.2 Å². The van der Waals surface area contributed by atoms with E-state index in [4.69, 9.17) is 16.3 Å². The highest BCUT2D eigenvalue weighted by atomic mass is 35.5. The van der Waals surface area contributed by atoms with E-state index in [0.717, 1.165) is 0 Å². The Morgan fingerprint density at radius 2 is 2.11 bits per heavy atom. The number of pyridine rings is 2. The van der Waals surface area contributed by atoms with Crippen LogP contribution < -0.4 is 4.74 Å². The lowest BCUT2D eigenvalue weighted by atomic mass is 10.1. The van der Waals surface area contributed by atoms with Gasteiger partial charge in [-0.15, -0.1) is 0 Å². The topological polar surface area (TPSA) is 55.2 Å². The Hall–Kier alpha value is -1.72. The van der Waals surface area contributed by atoms with Crippen molar-refractivity contribution in [3.05, 3.63) is 52.7 Å². The molecule has 0 aliphatic carbocycles. The van der Waals surface area contributed by atoms with Crippen molar-refractivity contribution in [3.8, 4) is 5.88 Å². The highest BCUT2D eigenvalue weighted by molar-refractivity contribution is 6.31. The standard InChI is InChI=1S/C12H10ClFN2O2/c1-18-12-9(14)7(4-6-16-12)11(17)10-8(13)3-2-5-15-10/h2-6,11,17H,1H3. The molecule has 0 bridgehead atoms. The summed E-state index contributed by atoms with van der Waals surface area (Å²) in [5, 5.41) is 10.4. The molecular weight excluding hydrogens is 259 g/mol. The maximum absolute atomic E-state index is 13.9. The molecule has 6 heteroatoms. The van der Waals surface area contributed by atoms with Crippen molar-refractivity contribution in [2.45, 2.75) is 6.10 Å². The molecule has 0 amide bonds. The lowest BCUT2D eigenvalue weighted by molar-refractivity contribution is 0.208. The second-order valence-corrected chi connectivity index (χ2v) is 3.90. The van der Waals surface area contributed by atoms with Crippen molar-refractivity contribution in [1.82, 2.24) is 9.97 Å². The van der Waals surface area contributed by atoms with Gasteiger partial charge >= 0.3 is 0 Å². The van der Waals surface area contributed by atoms with Gasteiger partial charge in [0.1, 0.15) is 6.10 Å². The summed E-state index contributed by atoms with van der Waals surface area (Å²) in [6.07, 6.45) is 1.55. The maximum atomic E-state index is 13.9. The van der Waals surface area contributed by atoms with Gasteiger partial charge in [0, 0.05) is 18.0 Å². The number of aliphatic hydroxyl groups is 1. The number of hydrogen-bond donors (Lipinski definition) is 1. The first-order valence-corrected chi connectivity index (χ1v) is 5.49. The lowest BCUT2D eigenvalue weighted by Gasteiger charge is -2.13. The Morgan fingerprint density at radius 1 is 1.33 bits per heavy atom. The summed E-state index contributed by atoms with van der Waals surface area (Å²) in [7, 11) is 1.30. The van der Waals surface area contributed by atoms with Gasteiger partial charge < -0.3 is 9.84 Å². The smallest absolute Gasteiger partial charge is 0.250 e. The zero-order valence-corrected chi connectivity index (χ0v) is 10.2. The zero-order valence-electron chi connectivity index (χ0n) is 9.47. The van der Waals surface area contributed by atoms with Gasteiger partial charge in [-0.3, -0.25) is 4.98 Å². The highest BCUT2D eigenvalue weighted by Gasteiger charge is 2.21. The average Bonchev–Trinajstić information content (AvgIpc) is 2.39. The monoisotopic (exact) mass is 268 g/mol. The normalized spacial score (nSPS) is 12.2. The third-order valence-electron chi connectivity index (χ3n) is 2.42. The minimum Gasteiger partial charge on any atom is -0.479 e. The van der Waals surface area contributed by atoms with Crippen LogP contribution in [-0.4, -0.2) is 22.2 Å². The molecule has 94 valence electrons. The molecule has 0 aliphatic rings. The van der Waals surface area contributed by atoms with Crippen molar-refractivity contribution in [3.63, 3.8) is 0 Å². The third kappa shape index (κ3) is 2.27. The molecule has 2 aromatic rings. The highest BCUT2D eigenvalue weighted by Crippen LogP contribution is 2.29. The van der Waals surface area contributed by atoms with Gasteiger partial charge in [-0.2, -0.15) is 0 Å². The number of aromatic nitrogens is 2. The van der Waals surface area contributed by atoms with E-state index in [1.165, 1.54) is 25.6 Å². The number of hydrogen-bond acceptors (Lipinski definition) is 4. The third-order valence-corrected chi connectivity index (χ3v) is 2.74. The van der Waals surface area contributed by atoms with E-state index in [-0.39, 0.29) is 22.2 Å². The molecule has 1 atom stereocenters. The summed E-state index contributed by atoms with van der Waals surface area (Å²) in [5.41, 5.74) is 0.203. The van der Waals surface area contributed by atoms with Gasteiger partial charge in [0.05, 0.1) is 17.8 Å². The van der Waals surface area contributed by atoms with Gasteiger partial charge in [-0.25, -0.2) is 9.37 Å². The minimum absolute atomic E-state index is 0.0162. The van der Waals surface area contributed by atoms with E-state index in [0.29, 0.717) is 0 Å². The van der Waals surface area contributed by atoms with Gasteiger partial charge in [0.25, 0.3) is 0 Å². The first kappa shape index (κ1) is 12.7. The number of nitrogens with zero attached hydrogens (tertiary/aromatic N) is 2. The summed E-state index contributed by atoms with van der Waals surface area (Å²) in [5.74, 6) is -0.909. The quantitative estimate of drug-likeness (QED) is 0.928. The number of methoxy groups -OCH3 is 1. The molecule has 0 aliphatic heterocycles. The maximum Gasteiger partial charge on any atom is 0.250 e. The Morgan fingerprint density at radius 3 is 2.78 bits per heavy atom. The fraction of sp³-hybridized carbons (Fsp3) is 0.167. The van der Waals surface area contributed by atoms with Gasteiger partial charge in [0.2, 0.25) is 5.88 Å². The molecule has 2 rings (SSSR count). The summed E-state index contributed by atoms with van der Waals surface area (Å²) < 4.78 is 18.7. The zero-order chi connectivity index (χ0) is 13.1. The summed E-state index contributed by atoms with van der Waals surface area (Å²) in [6.45, 7) is 0. The molecule has 0 aromatic carbocycles. The second kappa shape index (κ2) is 5.29. The molecule has 4 nitrogen and oxygen atoms in total. The minimum atomic E-state index is -1.27. The Labute approximate surface area is 108 Å². The van der Waals surface area contributed by atoms with Crippen LogP contribution in [0.25, 0.3) is 0 Å². The molecular formula is C12H10ClFN2O2. The molecule has 0 fully saturated rings. The lowest BCUT2D eigenvalue weighted by Crippen LogP contribution is -2.07. The molecule has 2 heterocycles. The number of rotatable bonds is 3. The Balaban J connectivity index is 2.47. The van der Waals surface area contributed by atoms with Crippen LogP contribution in [0.15, 0.2) is 30.6 Å². The Bertz CT molecular complexity index is 566. The van der Waals surface area contributed by atoms with Crippen LogP contribution in [0, 0.1) is 5.82 Å². The predicted molar refractivity (Wildman–Crippen MR) is 64.1 cm³/mol. The first-order valence-electron chi connectivity index (χ1n) is 5.12. The van der Waals surface area contributed by atoms with E-state index in [2.05, 4.69) is 9.97 Å². The summed E-state index contributed by atoms with van der Waals surface area (Å²) >= 11 is 5.90. The fourth-order valence-corrected chi connectivity index (χ4v) is 1.76. The van der Waals surface area contributed by atoms with E-state index in [1.54, 1.807) is 12.1 Å². The predicted octanol–water partition coefficient (Wildman–Crippen LogP) is 2.36. The van der Waals surface area contributed by atoms with Crippen molar-refractivity contribution in [2.24, 2.45) is 0 Å². The number of aliphatic hydroxyl groups excluding tert-OH is 1. The fourth-order valence-electron chi connectivity index (χ4n) is 1.54. The largest absolute Gasteiger partial charge is 0.479 e. The van der Waals surface area contributed by atoms with E-state index >= 15 is 0 Å². The van der Waals surface area contributed by atoms with Crippen molar-refractivity contribution in [1.29, 1.82) is 0 Å². The first-order chi connectivity index (χ1) is 8.65. The van der Waals surface area contributed by atoms with Crippen LogP contribution in [0.1, 0.15) is 17.4 Å². The molecule has 2 aromatic heterocycles. The van der Waals surface area contributed by atoms with Crippen molar-refractivity contribution in [2.75, 3.05) is 7.11 Å². The molecule has 0 saturated carbocycles. The van der Waals surface area contributed by atoms with Gasteiger partial charge in [-0.05, 0) is 18.2 Å². The second-order valence-electron chi connectivity index (χ2n) is 3.50. The molecule has 0 saturated heterocycles. The molecule has 18 heavy (non-hydrogen) atoms. The van der Waals surface area contributed by atoms with E-state index in [9.17, 15) is 9.50 Å². The van der Waals surface area contributed by atoms with Crippen LogP contribution >= 0.6 is 11.6 Å². The van der Waals surface area contributed by atoms with Crippen molar-refractivity contribution >= 4 is 11.6 Å². The van der Waals surface area contributed by atoms with Crippen LogP contribution in [-0.2, 0) is 0 Å².